The number of hydrogen-bond acceptors (Lipinski definition) is 3. The summed E-state index contributed by atoms with van der Waals surface area (Å²) in [7, 11) is 2.00. The SMILES string of the molecule is Cc1cnccc1N(C)CC(C)C#N. The van der Waals surface area contributed by atoms with Gasteiger partial charge in [-0.15, -0.1) is 0 Å². The van der Waals surface area contributed by atoms with Crippen molar-refractivity contribution in [3.8, 4) is 6.07 Å². The van der Waals surface area contributed by atoms with E-state index >= 15 is 0 Å². The van der Waals surface area contributed by atoms with Crippen molar-refractivity contribution >= 4 is 5.69 Å². The van der Waals surface area contributed by atoms with Crippen molar-refractivity contribution in [2.45, 2.75) is 13.8 Å². The molecule has 3 heteroatoms. The highest BCUT2D eigenvalue weighted by Gasteiger charge is 2.07. The van der Waals surface area contributed by atoms with Gasteiger partial charge in [0, 0.05) is 31.7 Å². The number of nitrogens with zero attached hydrogens (tertiary/aromatic N) is 3. The lowest BCUT2D eigenvalue weighted by Gasteiger charge is -2.21. The van der Waals surface area contributed by atoms with Crippen LogP contribution < -0.4 is 4.90 Å². The fourth-order valence-corrected chi connectivity index (χ4v) is 1.44. The summed E-state index contributed by atoms with van der Waals surface area (Å²) in [6.45, 7) is 4.70. The first kappa shape index (κ1) is 10.5. The molecule has 0 bridgehead atoms. The second-order valence-electron chi connectivity index (χ2n) is 3.57. The highest BCUT2D eigenvalue weighted by molar-refractivity contribution is 5.50. The monoisotopic (exact) mass is 189 g/mol. The van der Waals surface area contributed by atoms with E-state index in [1.165, 1.54) is 0 Å². The fourth-order valence-electron chi connectivity index (χ4n) is 1.44. The van der Waals surface area contributed by atoms with Crippen LogP contribution in [0.1, 0.15) is 12.5 Å². The van der Waals surface area contributed by atoms with Crippen LogP contribution in [-0.4, -0.2) is 18.6 Å². The zero-order valence-corrected chi connectivity index (χ0v) is 8.86. The molecule has 1 atom stereocenters. The first-order valence-corrected chi connectivity index (χ1v) is 4.66. The molecule has 0 saturated heterocycles. The Hall–Kier alpha value is -1.56. The lowest BCUT2D eigenvalue weighted by Crippen LogP contribution is -2.23. The Morgan fingerprint density at radius 2 is 2.36 bits per heavy atom. The Morgan fingerprint density at radius 3 is 2.93 bits per heavy atom. The molecule has 0 aromatic carbocycles. The Bertz CT molecular complexity index is 341. The van der Waals surface area contributed by atoms with E-state index in [9.17, 15) is 0 Å². The Labute approximate surface area is 85.0 Å². The number of nitriles is 1. The summed E-state index contributed by atoms with van der Waals surface area (Å²) in [5, 5.41) is 8.71. The number of aromatic nitrogens is 1. The van der Waals surface area contributed by atoms with Gasteiger partial charge < -0.3 is 4.90 Å². The van der Waals surface area contributed by atoms with Gasteiger partial charge in [0.1, 0.15) is 0 Å². The molecule has 14 heavy (non-hydrogen) atoms. The van der Waals surface area contributed by atoms with Crippen LogP contribution in [0.2, 0.25) is 0 Å². The molecule has 0 fully saturated rings. The summed E-state index contributed by atoms with van der Waals surface area (Å²) < 4.78 is 0. The molecule has 0 spiro atoms. The topological polar surface area (TPSA) is 39.9 Å². The van der Waals surface area contributed by atoms with Crippen molar-refractivity contribution in [3.05, 3.63) is 24.0 Å². The summed E-state index contributed by atoms with van der Waals surface area (Å²) in [6, 6.07) is 4.20. The van der Waals surface area contributed by atoms with Crippen LogP contribution in [0, 0.1) is 24.2 Å². The molecule has 0 radical (unpaired) electrons. The molecule has 0 aliphatic heterocycles. The molecule has 3 nitrogen and oxygen atoms in total. The van der Waals surface area contributed by atoms with E-state index in [-0.39, 0.29) is 5.92 Å². The first-order valence-electron chi connectivity index (χ1n) is 4.66. The Morgan fingerprint density at radius 1 is 1.64 bits per heavy atom. The number of rotatable bonds is 3. The first-order chi connectivity index (χ1) is 6.65. The van der Waals surface area contributed by atoms with Crippen LogP contribution in [0.3, 0.4) is 0 Å². The smallest absolute Gasteiger partial charge is 0.0671 e. The zero-order valence-electron chi connectivity index (χ0n) is 8.86. The second kappa shape index (κ2) is 4.61. The minimum Gasteiger partial charge on any atom is -0.373 e. The molecule has 1 aromatic rings. The molecule has 0 aliphatic rings. The summed E-state index contributed by atoms with van der Waals surface area (Å²) in [5.74, 6) is 0.0487. The molecule has 1 aromatic heterocycles. The van der Waals surface area contributed by atoms with Crippen LogP contribution >= 0.6 is 0 Å². The quantitative estimate of drug-likeness (QED) is 0.730. The predicted octanol–water partition coefficient (Wildman–Crippen LogP) is 1.99. The Balaban J connectivity index is 2.75. The van der Waals surface area contributed by atoms with E-state index in [0.717, 1.165) is 17.8 Å². The largest absolute Gasteiger partial charge is 0.373 e. The van der Waals surface area contributed by atoms with Gasteiger partial charge in [0.05, 0.1) is 12.0 Å². The number of pyridine rings is 1. The zero-order chi connectivity index (χ0) is 10.6. The summed E-state index contributed by atoms with van der Waals surface area (Å²) in [6.07, 6.45) is 3.61. The standard InChI is InChI=1S/C11H15N3/c1-9(6-12)8-14(3)11-4-5-13-7-10(11)2/h4-5,7,9H,8H2,1-3H3. The van der Waals surface area contributed by atoms with E-state index in [1.54, 1.807) is 6.20 Å². The van der Waals surface area contributed by atoms with Crippen molar-refractivity contribution in [1.82, 2.24) is 4.98 Å². The highest BCUT2D eigenvalue weighted by Crippen LogP contribution is 2.17. The van der Waals surface area contributed by atoms with Gasteiger partial charge in [-0.3, -0.25) is 4.98 Å². The maximum atomic E-state index is 8.71. The second-order valence-corrected chi connectivity index (χ2v) is 3.57. The van der Waals surface area contributed by atoms with Gasteiger partial charge in [0.25, 0.3) is 0 Å². The van der Waals surface area contributed by atoms with Gasteiger partial charge in [-0.2, -0.15) is 5.26 Å². The van der Waals surface area contributed by atoms with Crippen molar-refractivity contribution in [1.29, 1.82) is 5.26 Å². The van der Waals surface area contributed by atoms with Gasteiger partial charge in [-0.1, -0.05) is 0 Å². The lowest BCUT2D eigenvalue weighted by atomic mass is 10.1. The molecule has 0 N–H and O–H groups in total. The van der Waals surface area contributed by atoms with E-state index < -0.39 is 0 Å². The summed E-state index contributed by atoms with van der Waals surface area (Å²) >= 11 is 0. The van der Waals surface area contributed by atoms with Crippen LogP contribution in [0.5, 0.6) is 0 Å². The van der Waals surface area contributed by atoms with Gasteiger partial charge >= 0.3 is 0 Å². The van der Waals surface area contributed by atoms with Gasteiger partial charge in [0.15, 0.2) is 0 Å². The molecule has 1 heterocycles. The van der Waals surface area contributed by atoms with Crippen LogP contribution in [-0.2, 0) is 0 Å². The minimum absolute atomic E-state index is 0.0487. The molecular formula is C11H15N3. The molecule has 0 saturated carbocycles. The van der Waals surface area contributed by atoms with Crippen molar-refractivity contribution in [2.24, 2.45) is 5.92 Å². The molecule has 0 amide bonds. The summed E-state index contributed by atoms with van der Waals surface area (Å²) in [5.41, 5.74) is 2.28. The van der Waals surface area contributed by atoms with Crippen molar-refractivity contribution in [3.63, 3.8) is 0 Å². The summed E-state index contributed by atoms with van der Waals surface area (Å²) in [4.78, 5) is 6.12. The van der Waals surface area contributed by atoms with Crippen molar-refractivity contribution < 1.29 is 0 Å². The molecule has 0 aliphatic carbocycles. The fraction of sp³-hybridized carbons (Fsp3) is 0.455. The van der Waals surface area contributed by atoms with Gasteiger partial charge in [-0.25, -0.2) is 0 Å². The predicted molar refractivity (Wildman–Crippen MR) is 57.0 cm³/mol. The van der Waals surface area contributed by atoms with E-state index in [2.05, 4.69) is 16.0 Å². The van der Waals surface area contributed by atoms with Crippen molar-refractivity contribution in [2.75, 3.05) is 18.5 Å². The molecule has 1 rings (SSSR count). The van der Waals surface area contributed by atoms with Crippen LogP contribution in [0.25, 0.3) is 0 Å². The molecule has 74 valence electrons. The Kier molecular flexibility index (Phi) is 3.47. The molecule has 1 unspecified atom stereocenters. The van der Waals surface area contributed by atoms with Gasteiger partial charge in [0.2, 0.25) is 0 Å². The minimum atomic E-state index is 0.0487. The maximum absolute atomic E-state index is 8.71. The van der Waals surface area contributed by atoms with Crippen LogP contribution in [0.4, 0.5) is 5.69 Å². The third-order valence-electron chi connectivity index (χ3n) is 2.17. The third kappa shape index (κ3) is 2.46. The average molecular weight is 189 g/mol. The number of aryl methyl sites for hydroxylation is 1. The number of anilines is 1. The number of hydrogen-bond donors (Lipinski definition) is 0. The molecular weight excluding hydrogens is 174 g/mol. The van der Waals surface area contributed by atoms with Crippen LogP contribution in [0.15, 0.2) is 18.5 Å². The maximum Gasteiger partial charge on any atom is 0.0671 e. The lowest BCUT2D eigenvalue weighted by molar-refractivity contribution is 0.715. The van der Waals surface area contributed by atoms with E-state index in [0.29, 0.717) is 0 Å². The third-order valence-corrected chi connectivity index (χ3v) is 2.17. The average Bonchev–Trinajstić information content (AvgIpc) is 2.18. The normalized spacial score (nSPS) is 11.9. The van der Waals surface area contributed by atoms with E-state index in [1.807, 2.05) is 33.2 Å². The van der Waals surface area contributed by atoms with Gasteiger partial charge in [-0.05, 0) is 25.5 Å². The highest BCUT2D eigenvalue weighted by atomic mass is 15.1. The van der Waals surface area contributed by atoms with E-state index in [4.69, 9.17) is 5.26 Å².